The Bertz CT molecular complexity index is 1430. The predicted molar refractivity (Wildman–Crippen MR) is 142 cm³/mol. The summed E-state index contributed by atoms with van der Waals surface area (Å²) in [5, 5.41) is 19.6. The summed E-state index contributed by atoms with van der Waals surface area (Å²) in [6.07, 6.45) is 5.76. The van der Waals surface area contributed by atoms with Crippen LogP contribution in [-0.4, -0.2) is 51.0 Å². The van der Waals surface area contributed by atoms with Gasteiger partial charge < -0.3 is 21.3 Å². The quantitative estimate of drug-likeness (QED) is 0.327. The van der Waals surface area contributed by atoms with E-state index >= 15 is 4.39 Å². The smallest absolute Gasteiger partial charge is 0.252 e. The topological polar surface area (TPSA) is 138 Å². The van der Waals surface area contributed by atoms with Crippen LogP contribution in [0.2, 0.25) is 0 Å². The van der Waals surface area contributed by atoms with Crippen molar-refractivity contribution < 1.29 is 9.18 Å². The van der Waals surface area contributed by atoms with Crippen molar-refractivity contribution in [1.82, 2.24) is 19.7 Å². The van der Waals surface area contributed by atoms with Crippen molar-refractivity contribution in [2.24, 2.45) is 5.73 Å². The summed E-state index contributed by atoms with van der Waals surface area (Å²) in [4.78, 5) is 22.5. The van der Waals surface area contributed by atoms with Crippen molar-refractivity contribution in [2.45, 2.75) is 25.2 Å². The van der Waals surface area contributed by atoms with Gasteiger partial charge in [0.1, 0.15) is 23.9 Å². The fraction of sp³-hybridized carbons (Fsp3) is 0.222. The summed E-state index contributed by atoms with van der Waals surface area (Å²) in [5.41, 5.74) is 8.54. The van der Waals surface area contributed by atoms with Crippen LogP contribution in [-0.2, 0) is 6.54 Å². The number of aromatic nitrogens is 4. The van der Waals surface area contributed by atoms with Crippen molar-refractivity contribution >= 4 is 28.9 Å². The molecule has 0 radical (unpaired) electrons. The Morgan fingerprint density at radius 2 is 2.03 bits per heavy atom. The zero-order valence-electron chi connectivity index (χ0n) is 20.5. The number of piperidine rings is 1. The summed E-state index contributed by atoms with van der Waals surface area (Å²) >= 11 is 0. The molecule has 10 nitrogen and oxygen atoms in total. The number of hydrogen-bond acceptors (Lipinski definition) is 8. The number of anilines is 4. The van der Waals surface area contributed by atoms with Gasteiger partial charge in [-0.25, -0.2) is 14.4 Å². The maximum absolute atomic E-state index is 15.2. The van der Waals surface area contributed by atoms with E-state index in [-0.39, 0.29) is 12.1 Å². The molecule has 0 saturated carbocycles. The fourth-order valence-corrected chi connectivity index (χ4v) is 4.38. The summed E-state index contributed by atoms with van der Waals surface area (Å²) in [7, 11) is 0. The van der Waals surface area contributed by atoms with Gasteiger partial charge in [0.2, 0.25) is 0 Å². The number of nitrogens with zero attached hydrogens (tertiary/aromatic N) is 6. The molecular formula is C27H26FN9O. The zero-order valence-corrected chi connectivity index (χ0v) is 20.5. The highest BCUT2D eigenvalue weighted by molar-refractivity contribution is 5.98. The second kappa shape index (κ2) is 11.0. The number of nitrogens with two attached hydrogens (primary N) is 1. The van der Waals surface area contributed by atoms with E-state index in [1.807, 2.05) is 52.2 Å². The number of nitrogens with one attached hydrogen (secondary N) is 2. The monoisotopic (exact) mass is 511 g/mol. The molecular weight excluding hydrogens is 485 g/mol. The highest BCUT2D eigenvalue weighted by Gasteiger charge is 2.30. The molecule has 11 heteroatoms. The molecule has 5 rings (SSSR count). The number of carbonyl (C=O) groups excluding carboxylic acids is 1. The number of carbonyl (C=O) groups is 1. The molecule has 192 valence electrons. The average Bonchev–Trinajstić information content (AvgIpc) is 3.44. The number of rotatable bonds is 8. The standard InChI is InChI=1S/C27H26FN9O/c28-22-17-36(26-7-4-19(13-29)14-32-26)11-8-23(22)35-24-12-25(31-15-21(24)27(30)38)34-20-5-2-18(3-6-20)16-37-10-1-9-33-37/h1-7,9-10,12,14-15,22-23H,8,11,16-17H2,(H2,30,38)(H2,31,34,35)/t22-,23+/m0/s1. The van der Waals surface area contributed by atoms with Gasteiger partial charge in [0.05, 0.1) is 35.9 Å². The second-order valence-corrected chi connectivity index (χ2v) is 9.02. The molecule has 3 aromatic heterocycles. The molecule has 4 heterocycles. The van der Waals surface area contributed by atoms with Gasteiger partial charge in [-0.15, -0.1) is 0 Å². The van der Waals surface area contributed by atoms with Crippen LogP contribution in [0, 0.1) is 11.3 Å². The summed E-state index contributed by atoms with van der Waals surface area (Å²) < 4.78 is 17.1. The molecule has 0 spiro atoms. The first-order valence-corrected chi connectivity index (χ1v) is 12.1. The molecule has 4 N–H and O–H groups in total. The minimum absolute atomic E-state index is 0.129. The minimum atomic E-state index is -1.23. The fourth-order valence-electron chi connectivity index (χ4n) is 4.38. The maximum Gasteiger partial charge on any atom is 0.252 e. The number of hydrogen-bond donors (Lipinski definition) is 3. The lowest BCUT2D eigenvalue weighted by Crippen LogP contribution is -2.48. The van der Waals surface area contributed by atoms with E-state index in [0.717, 1.165) is 11.3 Å². The molecule has 1 fully saturated rings. The summed E-state index contributed by atoms with van der Waals surface area (Å²) in [6, 6.07) is 16.3. The van der Waals surface area contributed by atoms with Crippen molar-refractivity contribution in [2.75, 3.05) is 28.6 Å². The van der Waals surface area contributed by atoms with Crippen molar-refractivity contribution in [3.8, 4) is 6.07 Å². The Morgan fingerprint density at radius 1 is 1.18 bits per heavy atom. The molecule has 2 atom stereocenters. The molecule has 1 aliphatic heterocycles. The maximum atomic E-state index is 15.2. The highest BCUT2D eigenvalue weighted by atomic mass is 19.1. The Hall–Kier alpha value is -4.98. The molecule has 1 saturated heterocycles. The van der Waals surface area contributed by atoms with Crippen LogP contribution in [0.5, 0.6) is 0 Å². The first-order chi connectivity index (χ1) is 18.5. The number of primary amides is 1. The first kappa shape index (κ1) is 24.7. The van der Waals surface area contributed by atoms with Gasteiger partial charge in [-0.05, 0) is 42.3 Å². The van der Waals surface area contributed by atoms with E-state index in [9.17, 15) is 4.79 Å². The number of alkyl halides is 1. The third kappa shape index (κ3) is 5.70. The number of nitriles is 1. The normalized spacial score (nSPS) is 17.0. The summed E-state index contributed by atoms with van der Waals surface area (Å²) in [5.74, 6) is 0.463. The Labute approximate surface area is 218 Å². The van der Waals surface area contributed by atoms with Gasteiger partial charge in [0, 0.05) is 43.1 Å². The van der Waals surface area contributed by atoms with Crippen LogP contribution >= 0.6 is 0 Å². The number of halogens is 1. The van der Waals surface area contributed by atoms with E-state index in [2.05, 4.69) is 25.7 Å². The molecule has 1 aliphatic rings. The van der Waals surface area contributed by atoms with Gasteiger partial charge in [-0.2, -0.15) is 10.4 Å². The largest absolute Gasteiger partial charge is 0.378 e. The third-order valence-corrected chi connectivity index (χ3v) is 6.38. The van der Waals surface area contributed by atoms with Crippen LogP contribution in [0.3, 0.4) is 0 Å². The van der Waals surface area contributed by atoms with E-state index in [0.29, 0.717) is 42.4 Å². The second-order valence-electron chi connectivity index (χ2n) is 9.02. The van der Waals surface area contributed by atoms with Crippen molar-refractivity contribution in [1.29, 1.82) is 5.26 Å². The van der Waals surface area contributed by atoms with E-state index in [1.165, 1.54) is 12.4 Å². The molecule has 0 aliphatic carbocycles. The van der Waals surface area contributed by atoms with Crippen molar-refractivity contribution in [3.05, 3.63) is 90.0 Å². The Morgan fingerprint density at radius 3 is 2.68 bits per heavy atom. The van der Waals surface area contributed by atoms with Gasteiger partial charge >= 0.3 is 0 Å². The van der Waals surface area contributed by atoms with Gasteiger partial charge in [-0.1, -0.05) is 12.1 Å². The highest BCUT2D eigenvalue weighted by Crippen LogP contribution is 2.27. The zero-order chi connectivity index (χ0) is 26.5. The molecule has 4 aromatic rings. The van der Waals surface area contributed by atoms with E-state index in [4.69, 9.17) is 11.0 Å². The number of amides is 1. The van der Waals surface area contributed by atoms with Gasteiger partial charge in [-0.3, -0.25) is 9.48 Å². The van der Waals surface area contributed by atoms with Crippen LogP contribution in [0.25, 0.3) is 0 Å². The number of benzene rings is 1. The SMILES string of the molecule is N#Cc1ccc(N2CC[C@@H](Nc3cc(Nc4ccc(Cn5cccn5)cc4)ncc3C(N)=O)[C@@H](F)C2)nc1. The minimum Gasteiger partial charge on any atom is -0.378 e. The molecule has 0 bridgehead atoms. The third-order valence-electron chi connectivity index (χ3n) is 6.38. The summed E-state index contributed by atoms with van der Waals surface area (Å²) in [6.45, 7) is 1.35. The van der Waals surface area contributed by atoms with Crippen molar-refractivity contribution in [3.63, 3.8) is 0 Å². The average molecular weight is 512 g/mol. The lowest BCUT2D eigenvalue weighted by atomic mass is 10.0. The van der Waals surface area contributed by atoms with Crippen LogP contribution in [0.4, 0.5) is 27.4 Å². The molecule has 1 aromatic carbocycles. The predicted octanol–water partition coefficient (Wildman–Crippen LogP) is 3.46. The molecule has 1 amide bonds. The van der Waals surface area contributed by atoms with Gasteiger partial charge in [0.25, 0.3) is 5.91 Å². The molecule has 38 heavy (non-hydrogen) atoms. The van der Waals surface area contributed by atoms with Crippen LogP contribution < -0.4 is 21.3 Å². The van der Waals surface area contributed by atoms with Crippen LogP contribution in [0.15, 0.2) is 73.3 Å². The number of pyridine rings is 2. The lowest BCUT2D eigenvalue weighted by Gasteiger charge is -2.36. The molecule has 0 unspecified atom stereocenters. The first-order valence-electron chi connectivity index (χ1n) is 12.1. The Balaban J connectivity index is 1.26. The Kier molecular flexibility index (Phi) is 7.13. The van der Waals surface area contributed by atoms with Gasteiger partial charge in [0.15, 0.2) is 0 Å². The van der Waals surface area contributed by atoms with E-state index in [1.54, 1.807) is 24.4 Å². The lowest BCUT2D eigenvalue weighted by molar-refractivity contribution is 0.100. The van der Waals surface area contributed by atoms with E-state index < -0.39 is 18.1 Å². The van der Waals surface area contributed by atoms with Crippen LogP contribution in [0.1, 0.15) is 27.9 Å².